The molecule has 0 saturated heterocycles. The van der Waals surface area contributed by atoms with E-state index >= 15 is 0 Å². The minimum absolute atomic E-state index is 0.738. The van der Waals surface area contributed by atoms with E-state index in [2.05, 4.69) is 5.11 Å². The van der Waals surface area contributed by atoms with Crippen LogP contribution in [0.1, 0.15) is 0 Å². The van der Waals surface area contributed by atoms with E-state index in [9.17, 15) is 0 Å². The zero-order valence-electron chi connectivity index (χ0n) is 4.26. The van der Waals surface area contributed by atoms with Gasteiger partial charge in [0, 0.05) is 6.08 Å². The highest BCUT2D eigenvalue weighted by Crippen LogP contribution is 1.93. The standard InChI is InChI=1S/C4H8N3/c1-7-4(5)2-3-6-7/h2H,3,5H2,1H3/q+1. The van der Waals surface area contributed by atoms with E-state index in [0.717, 1.165) is 12.4 Å². The van der Waals surface area contributed by atoms with E-state index < -0.39 is 0 Å². The molecule has 3 nitrogen and oxygen atoms in total. The summed E-state index contributed by atoms with van der Waals surface area (Å²) in [5, 5.41) is 3.93. The third-order valence-corrected chi connectivity index (χ3v) is 0.968. The lowest BCUT2D eigenvalue weighted by atomic mass is 10.6. The molecule has 3 heteroatoms. The van der Waals surface area contributed by atoms with Gasteiger partial charge in [-0.1, -0.05) is 0 Å². The molecule has 38 valence electrons. The first-order valence-corrected chi connectivity index (χ1v) is 2.17. The molecule has 0 bridgehead atoms. The molecule has 0 atom stereocenters. The van der Waals surface area contributed by atoms with E-state index in [1.807, 2.05) is 13.1 Å². The van der Waals surface area contributed by atoms with Gasteiger partial charge in [0.25, 0.3) is 5.82 Å². The Kier molecular flexibility index (Phi) is 0.817. The van der Waals surface area contributed by atoms with Crippen LogP contribution in [0.5, 0.6) is 0 Å². The van der Waals surface area contributed by atoms with Crippen molar-refractivity contribution in [3.8, 4) is 0 Å². The molecular formula is C4H8N3+. The van der Waals surface area contributed by atoms with Crippen molar-refractivity contribution in [1.82, 2.24) is 0 Å². The number of azo groups is 2. The zero-order chi connectivity index (χ0) is 5.28. The van der Waals surface area contributed by atoms with Gasteiger partial charge in [0.15, 0.2) is 0 Å². The highest BCUT2D eigenvalue weighted by molar-refractivity contribution is 4.88. The van der Waals surface area contributed by atoms with Crippen molar-refractivity contribution in [3.05, 3.63) is 11.9 Å². The number of rotatable bonds is 0. The Balaban J connectivity index is 2.78. The second kappa shape index (κ2) is 1.33. The van der Waals surface area contributed by atoms with E-state index in [-0.39, 0.29) is 0 Å². The first kappa shape index (κ1) is 4.30. The van der Waals surface area contributed by atoms with E-state index in [0.29, 0.717) is 0 Å². The number of nitrogens with two attached hydrogens (primary N) is 1. The first-order valence-electron chi connectivity index (χ1n) is 2.17. The maximum absolute atomic E-state index is 5.37. The molecule has 0 aliphatic carbocycles. The quantitative estimate of drug-likeness (QED) is 0.422. The third kappa shape index (κ3) is 0.607. The summed E-state index contributed by atoms with van der Waals surface area (Å²) in [4.78, 5) is 0. The van der Waals surface area contributed by atoms with Crippen LogP contribution in [-0.2, 0) is 0 Å². The van der Waals surface area contributed by atoms with Crippen LogP contribution in [0, 0.1) is 0 Å². The minimum atomic E-state index is 0.738. The average molecular weight is 98.1 g/mol. The molecule has 1 rings (SSSR count). The summed E-state index contributed by atoms with van der Waals surface area (Å²) >= 11 is 0. The maximum atomic E-state index is 5.37. The summed E-state index contributed by atoms with van der Waals surface area (Å²) in [6, 6.07) is 0. The van der Waals surface area contributed by atoms with E-state index in [1.165, 1.54) is 0 Å². The minimum Gasteiger partial charge on any atom is -0.286 e. The predicted molar refractivity (Wildman–Crippen MR) is 25.7 cm³/mol. The van der Waals surface area contributed by atoms with Gasteiger partial charge in [0.1, 0.15) is 13.6 Å². The molecule has 0 aromatic rings. The lowest BCUT2D eigenvalue weighted by molar-refractivity contribution is -0.512. The van der Waals surface area contributed by atoms with E-state index in [1.54, 1.807) is 4.70 Å². The van der Waals surface area contributed by atoms with Gasteiger partial charge >= 0.3 is 0 Å². The fourth-order valence-corrected chi connectivity index (χ4v) is 0.471. The van der Waals surface area contributed by atoms with Gasteiger partial charge in [-0.25, -0.2) is 0 Å². The summed E-state index contributed by atoms with van der Waals surface area (Å²) in [6.45, 7) is 0.738. The molecule has 0 spiro atoms. The normalized spacial score (nSPS) is 19.0. The van der Waals surface area contributed by atoms with Crippen molar-refractivity contribution >= 4 is 0 Å². The highest BCUT2D eigenvalue weighted by Gasteiger charge is 2.04. The van der Waals surface area contributed by atoms with Gasteiger partial charge in [-0.15, -0.1) is 9.81 Å². The van der Waals surface area contributed by atoms with Crippen molar-refractivity contribution in [2.24, 2.45) is 10.8 Å². The Hall–Kier alpha value is -0.860. The molecule has 0 saturated carbocycles. The van der Waals surface area contributed by atoms with Gasteiger partial charge in [-0.3, -0.25) is 5.73 Å². The average Bonchev–Trinajstić information content (AvgIpc) is 1.91. The topological polar surface area (TPSA) is 41.4 Å². The fraction of sp³-hybridized carbons (Fsp3) is 0.500. The van der Waals surface area contributed by atoms with Crippen molar-refractivity contribution in [2.75, 3.05) is 13.6 Å². The van der Waals surface area contributed by atoms with Gasteiger partial charge in [-0.2, -0.15) is 0 Å². The van der Waals surface area contributed by atoms with Crippen LogP contribution in [0.15, 0.2) is 17.0 Å². The smallest absolute Gasteiger partial charge is 0.286 e. The van der Waals surface area contributed by atoms with Gasteiger partial charge < -0.3 is 0 Å². The number of hydrogen-bond donors (Lipinski definition) is 1. The summed E-state index contributed by atoms with van der Waals surface area (Å²) in [5.74, 6) is 0.750. The summed E-state index contributed by atoms with van der Waals surface area (Å²) in [5.41, 5.74) is 5.37. The second-order valence-corrected chi connectivity index (χ2v) is 1.48. The van der Waals surface area contributed by atoms with Crippen molar-refractivity contribution in [1.29, 1.82) is 0 Å². The van der Waals surface area contributed by atoms with Gasteiger partial charge in [0.2, 0.25) is 0 Å². The number of hydrogen-bond acceptors (Lipinski definition) is 2. The molecule has 0 aromatic carbocycles. The van der Waals surface area contributed by atoms with Crippen LogP contribution in [0.4, 0.5) is 0 Å². The monoisotopic (exact) mass is 98.1 g/mol. The second-order valence-electron chi connectivity index (χ2n) is 1.48. The molecule has 1 heterocycles. The Bertz CT molecular complexity index is 118. The summed E-state index contributed by atoms with van der Waals surface area (Å²) < 4.78 is 1.67. The van der Waals surface area contributed by atoms with Crippen LogP contribution < -0.4 is 5.73 Å². The van der Waals surface area contributed by atoms with Crippen LogP contribution in [0.2, 0.25) is 0 Å². The molecule has 7 heavy (non-hydrogen) atoms. The third-order valence-electron chi connectivity index (χ3n) is 0.968. The molecular weight excluding hydrogens is 90.1 g/mol. The number of nitrogens with zero attached hydrogens (tertiary/aromatic N) is 2. The Morgan fingerprint density at radius 1 is 2.00 bits per heavy atom. The lowest BCUT2D eigenvalue weighted by Crippen LogP contribution is -2.06. The summed E-state index contributed by atoms with van der Waals surface area (Å²) in [7, 11) is 1.83. The Morgan fingerprint density at radius 2 is 2.71 bits per heavy atom. The zero-order valence-corrected chi connectivity index (χ0v) is 4.26. The molecule has 1 aliphatic heterocycles. The van der Waals surface area contributed by atoms with E-state index in [4.69, 9.17) is 5.73 Å². The van der Waals surface area contributed by atoms with Crippen LogP contribution in [0.3, 0.4) is 0 Å². The van der Waals surface area contributed by atoms with Crippen LogP contribution >= 0.6 is 0 Å². The van der Waals surface area contributed by atoms with Crippen molar-refractivity contribution in [2.45, 2.75) is 0 Å². The molecule has 0 amide bonds. The van der Waals surface area contributed by atoms with Crippen LogP contribution in [-0.4, -0.2) is 18.3 Å². The van der Waals surface area contributed by atoms with Crippen molar-refractivity contribution in [3.63, 3.8) is 0 Å². The first-order chi connectivity index (χ1) is 3.30. The molecule has 2 N–H and O–H groups in total. The molecule has 1 aliphatic rings. The molecule has 0 unspecified atom stereocenters. The predicted octanol–water partition coefficient (Wildman–Crippen LogP) is -0.105. The van der Waals surface area contributed by atoms with Crippen LogP contribution in [0.25, 0.3) is 0 Å². The molecule has 0 fully saturated rings. The van der Waals surface area contributed by atoms with Gasteiger partial charge in [0.05, 0.1) is 0 Å². The fourth-order valence-electron chi connectivity index (χ4n) is 0.471. The molecule has 0 radical (unpaired) electrons. The lowest BCUT2D eigenvalue weighted by Gasteiger charge is -1.82. The molecule has 0 aromatic heterocycles. The SMILES string of the molecule is C[N+]1=NCC=C1N. The van der Waals surface area contributed by atoms with Gasteiger partial charge in [-0.05, 0) is 0 Å². The summed E-state index contributed by atoms with van der Waals surface area (Å²) in [6.07, 6.45) is 1.88. The largest absolute Gasteiger partial charge is 0.290 e. The maximum Gasteiger partial charge on any atom is 0.290 e. The Labute approximate surface area is 42.1 Å². The Morgan fingerprint density at radius 3 is 2.86 bits per heavy atom. The van der Waals surface area contributed by atoms with Crippen molar-refractivity contribution < 1.29 is 4.70 Å². The highest BCUT2D eigenvalue weighted by atomic mass is 15.3.